The quantitative estimate of drug-likeness (QED) is 0.827. The van der Waals surface area contributed by atoms with E-state index < -0.39 is 0 Å². The topological polar surface area (TPSA) is 61.9 Å². The third-order valence-electron chi connectivity index (χ3n) is 2.91. The highest BCUT2D eigenvalue weighted by molar-refractivity contribution is 5.78. The number of nitrogens with one attached hydrogen (secondary N) is 1. The van der Waals surface area contributed by atoms with E-state index in [0.717, 1.165) is 25.2 Å². The highest BCUT2D eigenvalue weighted by atomic mass is 16.5. The second kappa shape index (κ2) is 6.25. The average Bonchev–Trinajstić information content (AvgIpc) is 2.94. The van der Waals surface area contributed by atoms with Gasteiger partial charge < -0.3 is 14.5 Å². The summed E-state index contributed by atoms with van der Waals surface area (Å²) in [5, 5.41) is 11.3. The maximum Gasteiger partial charge on any atom is 0.469 e. The molecular weight excluding hydrogens is 244 g/mol. The van der Waals surface area contributed by atoms with Crippen LogP contribution >= 0.6 is 0 Å². The van der Waals surface area contributed by atoms with Crippen LogP contribution in [0.5, 0.6) is 11.5 Å². The largest absolute Gasteiger partial charge is 0.486 e. The third-order valence-corrected chi connectivity index (χ3v) is 2.91. The Kier molecular flexibility index (Phi) is 4.42. The van der Waals surface area contributed by atoms with Crippen molar-refractivity contribution in [2.75, 3.05) is 31.3 Å². The van der Waals surface area contributed by atoms with Crippen molar-refractivity contribution < 1.29 is 9.47 Å². The fourth-order valence-corrected chi connectivity index (χ4v) is 2.14. The van der Waals surface area contributed by atoms with Crippen molar-refractivity contribution in [3.8, 4) is 11.5 Å². The molecule has 6 heteroatoms. The lowest BCUT2D eigenvalue weighted by Crippen LogP contribution is -2.30. The number of rotatable bonds is 5. The maximum absolute atomic E-state index is 9.25. The Morgan fingerprint density at radius 1 is 1.32 bits per heavy atom. The summed E-state index contributed by atoms with van der Waals surface area (Å²) in [5.74, 6) is 1.07. The number of hydrazine groups is 1. The van der Waals surface area contributed by atoms with Crippen LogP contribution < -0.4 is 19.9 Å². The van der Waals surface area contributed by atoms with Gasteiger partial charge in [0.1, 0.15) is 5.69 Å². The molecule has 0 saturated carbocycles. The van der Waals surface area contributed by atoms with Crippen LogP contribution in [0.4, 0.5) is 11.4 Å². The molecule has 0 aliphatic carbocycles. The molecule has 1 saturated heterocycles. The van der Waals surface area contributed by atoms with Gasteiger partial charge in [0, 0.05) is 13.1 Å². The lowest BCUT2D eigenvalue weighted by molar-refractivity contribution is 0.327. The van der Waals surface area contributed by atoms with Crippen molar-refractivity contribution in [3.05, 3.63) is 17.1 Å². The minimum atomic E-state index is 0.343. The van der Waals surface area contributed by atoms with E-state index in [0.29, 0.717) is 30.4 Å². The molecule has 0 bridgehead atoms. The van der Waals surface area contributed by atoms with Crippen LogP contribution in [-0.4, -0.2) is 26.3 Å². The lowest BCUT2D eigenvalue weighted by Gasteiger charge is -2.20. The minimum Gasteiger partial charge on any atom is -0.486 e. The summed E-state index contributed by atoms with van der Waals surface area (Å²) < 4.78 is 11.1. The van der Waals surface area contributed by atoms with Crippen LogP contribution in [0, 0.1) is 5.39 Å². The highest BCUT2D eigenvalue weighted by Gasteiger charge is 2.30. The molecule has 1 N–H and O–H groups in total. The molecule has 102 valence electrons. The van der Waals surface area contributed by atoms with Gasteiger partial charge in [-0.05, 0) is 32.4 Å². The predicted octanol–water partition coefficient (Wildman–Crippen LogP) is 2.68. The summed E-state index contributed by atoms with van der Waals surface area (Å²) in [5.41, 5.74) is 4.48. The first-order chi connectivity index (χ1) is 9.31. The molecule has 1 heterocycles. The summed E-state index contributed by atoms with van der Waals surface area (Å²) in [7, 11) is 0. The van der Waals surface area contributed by atoms with E-state index >= 15 is 0 Å². The van der Waals surface area contributed by atoms with Gasteiger partial charge in [0.05, 0.1) is 13.2 Å². The first kappa shape index (κ1) is 13.4. The van der Waals surface area contributed by atoms with Crippen molar-refractivity contribution in [3.63, 3.8) is 0 Å². The molecule has 0 radical (unpaired) electrons. The highest BCUT2D eigenvalue weighted by Crippen LogP contribution is 2.44. The molecule has 1 fully saturated rings. The summed E-state index contributed by atoms with van der Waals surface area (Å²) in [4.78, 5) is 3.34. The zero-order valence-electron chi connectivity index (χ0n) is 11.3. The lowest BCUT2D eigenvalue weighted by atomic mass is 10.2. The fourth-order valence-electron chi connectivity index (χ4n) is 2.14. The van der Waals surface area contributed by atoms with Crippen molar-refractivity contribution in [1.82, 2.24) is 5.43 Å². The number of benzene rings is 1. The van der Waals surface area contributed by atoms with Crippen molar-refractivity contribution in [2.24, 2.45) is 0 Å². The first-order valence-corrected chi connectivity index (χ1v) is 6.60. The van der Waals surface area contributed by atoms with Crippen LogP contribution in [0.2, 0.25) is 0 Å². The number of diazo groups is 1. The standard InChI is InChI=1S/C13H19N4O2/c1-3-18-11-7-6-10(17-9-5-8-15-17)13(19-4-2)12(11)16-14/h6-7,15H,3-5,8-9H2,1-2H3/q+1. The Bertz CT molecular complexity index is 478. The second-order valence-corrected chi connectivity index (χ2v) is 4.14. The second-order valence-electron chi connectivity index (χ2n) is 4.14. The van der Waals surface area contributed by atoms with Crippen molar-refractivity contribution >= 4 is 11.4 Å². The molecule has 2 rings (SSSR count). The van der Waals surface area contributed by atoms with E-state index in [1.54, 1.807) is 6.07 Å². The van der Waals surface area contributed by atoms with E-state index in [1.807, 2.05) is 24.9 Å². The zero-order chi connectivity index (χ0) is 13.7. The van der Waals surface area contributed by atoms with E-state index in [2.05, 4.69) is 10.4 Å². The van der Waals surface area contributed by atoms with Gasteiger partial charge in [-0.1, -0.05) is 0 Å². The van der Waals surface area contributed by atoms with Crippen LogP contribution in [0.1, 0.15) is 20.3 Å². The normalized spacial score (nSPS) is 14.3. The molecule has 1 aliphatic heterocycles. The molecule has 0 aromatic heterocycles. The van der Waals surface area contributed by atoms with Gasteiger partial charge in [0.15, 0.2) is 4.98 Å². The van der Waals surface area contributed by atoms with E-state index in [9.17, 15) is 5.39 Å². The first-order valence-electron chi connectivity index (χ1n) is 6.60. The van der Waals surface area contributed by atoms with Gasteiger partial charge in [-0.25, -0.2) is 5.43 Å². The molecule has 6 nitrogen and oxygen atoms in total. The SMILES string of the molecule is CCOc1ccc(N2CCCN2)c(OCC)c1[N+]#N. The number of ether oxygens (including phenoxy) is 2. The Balaban J connectivity index is 2.45. The van der Waals surface area contributed by atoms with Gasteiger partial charge in [-0.15, -0.1) is 0 Å². The van der Waals surface area contributed by atoms with Gasteiger partial charge in [0.2, 0.25) is 16.9 Å². The number of hydrogen-bond acceptors (Lipinski definition) is 5. The van der Waals surface area contributed by atoms with Gasteiger partial charge in [0.25, 0.3) is 0 Å². The maximum atomic E-state index is 9.25. The number of nitrogens with zero attached hydrogens (tertiary/aromatic N) is 3. The van der Waals surface area contributed by atoms with E-state index in [1.165, 1.54) is 0 Å². The van der Waals surface area contributed by atoms with Crippen LogP contribution in [0.25, 0.3) is 4.98 Å². The monoisotopic (exact) mass is 263 g/mol. The summed E-state index contributed by atoms with van der Waals surface area (Å²) >= 11 is 0. The minimum absolute atomic E-state index is 0.343. The van der Waals surface area contributed by atoms with E-state index in [-0.39, 0.29) is 0 Å². The molecule has 19 heavy (non-hydrogen) atoms. The Morgan fingerprint density at radius 3 is 2.68 bits per heavy atom. The fraction of sp³-hybridized carbons (Fsp3) is 0.538. The molecule has 1 aromatic rings. The number of anilines is 1. The zero-order valence-corrected chi connectivity index (χ0v) is 11.3. The van der Waals surface area contributed by atoms with Crippen LogP contribution in [0.15, 0.2) is 12.1 Å². The molecule has 0 unspecified atom stereocenters. The van der Waals surface area contributed by atoms with Crippen LogP contribution in [-0.2, 0) is 0 Å². The Hall–Kier alpha value is -2.00. The average molecular weight is 263 g/mol. The Labute approximate surface area is 112 Å². The van der Waals surface area contributed by atoms with Gasteiger partial charge in [-0.2, -0.15) is 0 Å². The van der Waals surface area contributed by atoms with Gasteiger partial charge >= 0.3 is 5.69 Å². The molecule has 0 spiro atoms. The van der Waals surface area contributed by atoms with Crippen molar-refractivity contribution in [1.29, 1.82) is 5.39 Å². The van der Waals surface area contributed by atoms with Crippen molar-refractivity contribution in [2.45, 2.75) is 20.3 Å². The number of hydrogen-bond donors (Lipinski definition) is 1. The molecular formula is C13H19N4O2+. The molecule has 0 amide bonds. The van der Waals surface area contributed by atoms with Crippen LogP contribution in [0.3, 0.4) is 0 Å². The summed E-state index contributed by atoms with van der Waals surface area (Å²) in [6.45, 7) is 6.63. The molecule has 1 aromatic carbocycles. The third kappa shape index (κ3) is 2.71. The molecule has 0 atom stereocenters. The van der Waals surface area contributed by atoms with Gasteiger partial charge in [-0.3, -0.25) is 0 Å². The van der Waals surface area contributed by atoms with E-state index in [4.69, 9.17) is 9.47 Å². The molecule has 1 aliphatic rings. The summed E-state index contributed by atoms with van der Waals surface area (Å²) in [6.07, 6.45) is 1.07. The summed E-state index contributed by atoms with van der Waals surface area (Å²) in [6, 6.07) is 3.72. The Morgan fingerprint density at radius 2 is 2.11 bits per heavy atom. The predicted molar refractivity (Wildman–Crippen MR) is 73.5 cm³/mol. The smallest absolute Gasteiger partial charge is 0.469 e.